The van der Waals surface area contributed by atoms with Crippen molar-refractivity contribution in [2.75, 3.05) is 39.8 Å². The van der Waals surface area contributed by atoms with Gasteiger partial charge in [0.15, 0.2) is 5.96 Å². The van der Waals surface area contributed by atoms with Crippen LogP contribution in [0.2, 0.25) is 0 Å². The van der Waals surface area contributed by atoms with Crippen LogP contribution >= 0.6 is 24.0 Å². The number of guanidine groups is 1. The molecule has 2 rings (SSSR count). The molecule has 1 aliphatic heterocycles. The lowest BCUT2D eigenvalue weighted by molar-refractivity contribution is -0.176. The van der Waals surface area contributed by atoms with Gasteiger partial charge in [0.25, 0.3) is 0 Å². The van der Waals surface area contributed by atoms with Gasteiger partial charge in [-0.15, -0.1) is 24.0 Å². The maximum absolute atomic E-state index is 11.9. The highest BCUT2D eigenvalue weighted by molar-refractivity contribution is 14.0. The molecule has 8 heteroatoms. The van der Waals surface area contributed by atoms with Crippen LogP contribution in [0.3, 0.4) is 0 Å². The molecule has 29 heavy (non-hydrogen) atoms. The van der Waals surface area contributed by atoms with Gasteiger partial charge >= 0.3 is 0 Å². The number of carbonyl (C=O) groups is 1. The Kier molecular flexibility index (Phi) is 10.7. The van der Waals surface area contributed by atoms with Gasteiger partial charge in [-0.25, -0.2) is 0 Å². The second-order valence-corrected chi connectivity index (χ2v) is 8.93. The Bertz CT molecular complexity index is 549. The number of halogens is 1. The fourth-order valence-electron chi connectivity index (χ4n) is 4.13. The van der Waals surface area contributed by atoms with E-state index in [1.165, 1.54) is 0 Å². The average Bonchev–Trinajstić information content (AvgIpc) is 2.67. The number of amides is 1. The first-order chi connectivity index (χ1) is 13.3. The average molecular weight is 524 g/mol. The van der Waals surface area contributed by atoms with Gasteiger partial charge in [-0.3, -0.25) is 14.7 Å². The Morgan fingerprint density at radius 3 is 2.34 bits per heavy atom. The summed E-state index contributed by atoms with van der Waals surface area (Å²) >= 11 is 0. The lowest BCUT2D eigenvalue weighted by Crippen LogP contribution is -2.70. The van der Waals surface area contributed by atoms with Crippen molar-refractivity contribution in [3.05, 3.63) is 0 Å². The molecule has 1 saturated heterocycles. The number of nitrogens with one attached hydrogen (secondary N) is 3. The van der Waals surface area contributed by atoms with Gasteiger partial charge in [-0.05, 0) is 39.5 Å². The first kappa shape index (κ1) is 26.4. The lowest BCUT2D eigenvalue weighted by atomic mass is 9.56. The third-order valence-corrected chi connectivity index (χ3v) is 6.77. The number of hydrogen-bond donors (Lipinski definition) is 3. The molecule has 1 heterocycles. The van der Waals surface area contributed by atoms with Crippen molar-refractivity contribution >= 4 is 35.8 Å². The fraction of sp³-hybridized carbons (Fsp3) is 0.905. The first-order valence-corrected chi connectivity index (χ1v) is 10.9. The Morgan fingerprint density at radius 2 is 1.83 bits per heavy atom. The van der Waals surface area contributed by atoms with Gasteiger partial charge in [-0.1, -0.05) is 20.8 Å². The van der Waals surface area contributed by atoms with Crippen molar-refractivity contribution in [1.82, 2.24) is 20.9 Å². The predicted molar refractivity (Wildman–Crippen MR) is 130 cm³/mol. The second kappa shape index (κ2) is 11.7. The number of piperidine rings is 1. The van der Waals surface area contributed by atoms with Crippen LogP contribution in [0.25, 0.3) is 0 Å². The summed E-state index contributed by atoms with van der Waals surface area (Å²) in [7, 11) is 1.80. The highest BCUT2D eigenvalue weighted by Gasteiger charge is 2.58. The number of ether oxygens (including phenoxy) is 1. The van der Waals surface area contributed by atoms with Crippen LogP contribution < -0.4 is 16.0 Å². The molecule has 7 nitrogen and oxygen atoms in total. The van der Waals surface area contributed by atoms with Crippen LogP contribution in [0.4, 0.5) is 0 Å². The minimum Gasteiger partial charge on any atom is -0.378 e. The quantitative estimate of drug-likeness (QED) is 0.259. The first-order valence-electron chi connectivity index (χ1n) is 10.9. The highest BCUT2D eigenvalue weighted by atomic mass is 127. The summed E-state index contributed by atoms with van der Waals surface area (Å²) in [5.74, 6) is 1.04. The molecule has 0 radical (unpaired) electrons. The van der Waals surface area contributed by atoms with Gasteiger partial charge in [-0.2, -0.15) is 0 Å². The van der Waals surface area contributed by atoms with Gasteiger partial charge in [0.1, 0.15) is 0 Å². The Morgan fingerprint density at radius 1 is 1.17 bits per heavy atom. The van der Waals surface area contributed by atoms with Crippen molar-refractivity contribution in [2.45, 2.75) is 78.0 Å². The number of methoxy groups -OCH3 is 1. The zero-order valence-corrected chi connectivity index (χ0v) is 21.5. The number of aliphatic imine (C=N–C) groups is 1. The summed E-state index contributed by atoms with van der Waals surface area (Å²) < 4.78 is 5.74. The van der Waals surface area contributed by atoms with Gasteiger partial charge < -0.3 is 20.7 Å². The molecule has 0 aromatic rings. The molecule has 1 aliphatic carbocycles. The largest absolute Gasteiger partial charge is 0.378 e. The Labute approximate surface area is 194 Å². The van der Waals surface area contributed by atoms with Crippen molar-refractivity contribution in [3.8, 4) is 0 Å². The minimum atomic E-state index is -0.0916. The number of carbonyl (C=O) groups excluding carboxylic acids is 1. The number of likely N-dealkylation sites (tertiary alicyclic amines) is 1. The molecule has 0 aromatic heterocycles. The van der Waals surface area contributed by atoms with Gasteiger partial charge in [0.2, 0.25) is 5.91 Å². The SMILES string of the molecule is CCCNC(=O)CN1CCC(NC(=NCC)NC2CC(C)(OC)C2(C)C)CC1.I. The van der Waals surface area contributed by atoms with E-state index in [1.807, 2.05) is 0 Å². The molecule has 2 atom stereocenters. The standard InChI is InChI=1S/C21H41N5O2.HI/c1-7-11-23-18(27)15-26-12-9-16(10-13-26)24-19(22-8-2)25-17-14-21(5,28-6)20(17,3)4;/h16-17H,7-15H2,1-6H3,(H,23,27)(H2,22,24,25);1H. The molecule has 2 aliphatic rings. The van der Waals surface area contributed by atoms with Crippen molar-refractivity contribution in [1.29, 1.82) is 0 Å². The van der Waals surface area contributed by atoms with Crippen molar-refractivity contribution in [2.24, 2.45) is 10.4 Å². The molecule has 0 spiro atoms. The molecule has 2 unspecified atom stereocenters. The summed E-state index contributed by atoms with van der Waals surface area (Å²) in [6.45, 7) is 14.7. The highest BCUT2D eigenvalue weighted by Crippen LogP contribution is 2.51. The van der Waals surface area contributed by atoms with Crippen LogP contribution in [-0.2, 0) is 9.53 Å². The smallest absolute Gasteiger partial charge is 0.234 e. The van der Waals surface area contributed by atoms with Crippen LogP contribution in [0.1, 0.15) is 60.3 Å². The summed E-state index contributed by atoms with van der Waals surface area (Å²) in [4.78, 5) is 18.8. The van der Waals surface area contributed by atoms with E-state index in [1.54, 1.807) is 7.11 Å². The van der Waals surface area contributed by atoms with E-state index in [4.69, 9.17) is 4.74 Å². The molecule has 0 bridgehead atoms. The molecule has 2 fully saturated rings. The van der Waals surface area contributed by atoms with Gasteiger partial charge in [0, 0.05) is 50.8 Å². The molecule has 3 N–H and O–H groups in total. The van der Waals surface area contributed by atoms with E-state index in [9.17, 15) is 4.79 Å². The normalized spacial score (nSPS) is 27.5. The summed E-state index contributed by atoms with van der Waals surface area (Å²) in [5, 5.41) is 10.2. The maximum atomic E-state index is 11.9. The molecule has 1 saturated carbocycles. The van der Waals surface area contributed by atoms with E-state index >= 15 is 0 Å². The third kappa shape index (κ3) is 6.69. The van der Waals surface area contributed by atoms with Crippen LogP contribution in [0.5, 0.6) is 0 Å². The minimum absolute atomic E-state index is 0. The monoisotopic (exact) mass is 523 g/mol. The van der Waals surface area contributed by atoms with Crippen molar-refractivity contribution < 1.29 is 9.53 Å². The number of rotatable bonds is 8. The van der Waals surface area contributed by atoms with Gasteiger partial charge in [0.05, 0.1) is 12.1 Å². The Balaban J connectivity index is 0.00000420. The predicted octanol–water partition coefficient (Wildman–Crippen LogP) is 2.35. The molecular weight excluding hydrogens is 481 g/mol. The van der Waals surface area contributed by atoms with E-state index in [0.717, 1.165) is 57.8 Å². The van der Waals surface area contributed by atoms with E-state index in [0.29, 0.717) is 18.6 Å². The number of hydrogen-bond acceptors (Lipinski definition) is 4. The van der Waals surface area contributed by atoms with E-state index in [-0.39, 0.29) is 40.9 Å². The van der Waals surface area contributed by atoms with Crippen LogP contribution in [0.15, 0.2) is 4.99 Å². The molecule has 170 valence electrons. The number of nitrogens with zero attached hydrogens (tertiary/aromatic N) is 2. The van der Waals surface area contributed by atoms with E-state index in [2.05, 4.69) is 60.5 Å². The summed E-state index contributed by atoms with van der Waals surface area (Å²) in [6, 6.07) is 0.738. The molecule has 1 amide bonds. The van der Waals surface area contributed by atoms with Crippen LogP contribution in [0, 0.1) is 5.41 Å². The topological polar surface area (TPSA) is 78.0 Å². The lowest BCUT2D eigenvalue weighted by Gasteiger charge is -2.59. The zero-order chi connectivity index (χ0) is 20.8. The van der Waals surface area contributed by atoms with Crippen molar-refractivity contribution in [3.63, 3.8) is 0 Å². The maximum Gasteiger partial charge on any atom is 0.234 e. The zero-order valence-electron chi connectivity index (χ0n) is 19.1. The second-order valence-electron chi connectivity index (χ2n) is 8.93. The summed E-state index contributed by atoms with van der Waals surface area (Å²) in [6.07, 6.45) is 4.00. The van der Waals surface area contributed by atoms with Crippen LogP contribution in [-0.4, -0.2) is 74.3 Å². The third-order valence-electron chi connectivity index (χ3n) is 6.77. The Hall–Kier alpha value is -0.610. The summed E-state index contributed by atoms with van der Waals surface area (Å²) in [5.41, 5.74) is -0.0428. The molecular formula is C21H42IN5O2. The fourth-order valence-corrected chi connectivity index (χ4v) is 4.13. The van der Waals surface area contributed by atoms with E-state index < -0.39 is 0 Å². The molecule has 0 aromatic carbocycles.